The number of hydrogen-bond donors (Lipinski definition) is 2. The lowest BCUT2D eigenvalue weighted by Gasteiger charge is -2.18. The molecule has 6 heteroatoms. The Balaban J connectivity index is 2.82. The van der Waals surface area contributed by atoms with Gasteiger partial charge in [-0.1, -0.05) is 19.8 Å². The fourth-order valence-electron chi connectivity index (χ4n) is 1.73. The molecular formula is C13H19F3N2O. The molecule has 0 saturated heterocycles. The second-order valence-electron chi connectivity index (χ2n) is 4.44. The third kappa shape index (κ3) is 4.89. The number of nitrogens with two attached hydrogens (primary N) is 1. The number of anilines is 2. The van der Waals surface area contributed by atoms with Crippen LogP contribution in [0.1, 0.15) is 33.1 Å². The van der Waals surface area contributed by atoms with Crippen molar-refractivity contribution in [2.45, 2.75) is 45.8 Å². The van der Waals surface area contributed by atoms with Crippen LogP contribution in [0, 0.1) is 5.82 Å². The summed E-state index contributed by atoms with van der Waals surface area (Å²) in [5, 5.41) is 3.07. The number of rotatable bonds is 7. The lowest BCUT2D eigenvalue weighted by Crippen LogP contribution is -2.16. The van der Waals surface area contributed by atoms with Crippen LogP contribution in [-0.2, 0) is 0 Å². The van der Waals surface area contributed by atoms with E-state index in [-0.39, 0.29) is 11.7 Å². The second kappa shape index (κ2) is 7.11. The van der Waals surface area contributed by atoms with Crippen LogP contribution in [0.2, 0.25) is 0 Å². The fraction of sp³-hybridized carbons (Fsp3) is 0.538. The lowest BCUT2D eigenvalue weighted by atomic mass is 10.1. The smallest absolute Gasteiger partial charge is 0.387 e. The van der Waals surface area contributed by atoms with E-state index in [4.69, 9.17) is 5.73 Å². The van der Waals surface area contributed by atoms with Crippen molar-refractivity contribution >= 4 is 11.4 Å². The van der Waals surface area contributed by atoms with E-state index in [1.165, 1.54) is 6.07 Å². The highest BCUT2D eigenvalue weighted by atomic mass is 19.3. The van der Waals surface area contributed by atoms with Gasteiger partial charge in [0, 0.05) is 18.2 Å². The topological polar surface area (TPSA) is 47.3 Å². The Morgan fingerprint density at radius 2 is 2.05 bits per heavy atom. The van der Waals surface area contributed by atoms with Crippen molar-refractivity contribution in [3.63, 3.8) is 0 Å². The van der Waals surface area contributed by atoms with Gasteiger partial charge in [0.25, 0.3) is 0 Å². The molecule has 0 heterocycles. The predicted octanol–water partition coefficient (Wildman–Crippen LogP) is 4.00. The largest absolute Gasteiger partial charge is 0.432 e. The normalized spacial score (nSPS) is 12.5. The molecule has 0 aliphatic heterocycles. The van der Waals surface area contributed by atoms with Gasteiger partial charge in [-0.25, -0.2) is 4.39 Å². The predicted molar refractivity (Wildman–Crippen MR) is 70.1 cm³/mol. The molecule has 1 atom stereocenters. The number of unbranched alkanes of at least 4 members (excludes halogenated alkanes) is 1. The molecule has 3 nitrogen and oxygen atoms in total. The average molecular weight is 276 g/mol. The highest BCUT2D eigenvalue weighted by Crippen LogP contribution is 2.30. The van der Waals surface area contributed by atoms with Crippen molar-refractivity contribution in [2.24, 2.45) is 0 Å². The Bertz CT molecular complexity index is 413. The zero-order valence-electron chi connectivity index (χ0n) is 11.1. The van der Waals surface area contributed by atoms with E-state index in [0.29, 0.717) is 5.69 Å². The first-order valence-corrected chi connectivity index (χ1v) is 6.24. The van der Waals surface area contributed by atoms with Crippen molar-refractivity contribution < 1.29 is 17.9 Å². The molecule has 0 bridgehead atoms. The number of nitrogen functional groups attached to an aromatic ring is 1. The maximum absolute atomic E-state index is 13.4. The van der Waals surface area contributed by atoms with E-state index >= 15 is 0 Å². The lowest BCUT2D eigenvalue weighted by molar-refractivity contribution is -0.0521. The minimum Gasteiger partial charge on any atom is -0.432 e. The summed E-state index contributed by atoms with van der Waals surface area (Å²) in [4.78, 5) is 0. The molecule has 0 aliphatic carbocycles. The van der Waals surface area contributed by atoms with Crippen molar-refractivity contribution in [1.82, 2.24) is 0 Å². The summed E-state index contributed by atoms with van der Waals surface area (Å²) in [5.74, 6) is -1.40. The van der Waals surface area contributed by atoms with Gasteiger partial charge in [-0.15, -0.1) is 0 Å². The van der Waals surface area contributed by atoms with Crippen molar-refractivity contribution in [3.8, 4) is 5.75 Å². The van der Waals surface area contributed by atoms with Crippen LogP contribution in [0.5, 0.6) is 5.75 Å². The molecule has 3 N–H and O–H groups in total. The molecular weight excluding hydrogens is 257 g/mol. The standard InChI is InChI=1S/C13H19F3N2O/c1-3-4-5-8(2)18-11-7-12(19-13(15)16)9(14)6-10(11)17/h6-8,13,18H,3-5,17H2,1-2H3. The molecule has 19 heavy (non-hydrogen) atoms. The highest BCUT2D eigenvalue weighted by Gasteiger charge is 2.14. The number of hydrogen-bond acceptors (Lipinski definition) is 3. The molecule has 0 radical (unpaired) electrons. The summed E-state index contributed by atoms with van der Waals surface area (Å²) in [6.07, 6.45) is 3.01. The second-order valence-corrected chi connectivity index (χ2v) is 4.44. The maximum Gasteiger partial charge on any atom is 0.387 e. The number of nitrogens with one attached hydrogen (secondary N) is 1. The van der Waals surface area contributed by atoms with E-state index in [1.807, 2.05) is 6.92 Å². The van der Waals surface area contributed by atoms with E-state index in [1.54, 1.807) is 0 Å². The molecule has 1 aromatic rings. The van der Waals surface area contributed by atoms with E-state index in [9.17, 15) is 13.2 Å². The van der Waals surface area contributed by atoms with E-state index in [2.05, 4.69) is 17.0 Å². The first kappa shape index (κ1) is 15.5. The Hall–Kier alpha value is -1.59. The Labute approximate surface area is 110 Å². The zero-order valence-corrected chi connectivity index (χ0v) is 11.1. The molecule has 0 aliphatic rings. The summed E-state index contributed by atoms with van der Waals surface area (Å²) >= 11 is 0. The van der Waals surface area contributed by atoms with Crippen LogP contribution < -0.4 is 15.8 Å². The Morgan fingerprint density at radius 1 is 1.37 bits per heavy atom. The van der Waals surface area contributed by atoms with Crippen LogP contribution in [-0.4, -0.2) is 12.7 Å². The van der Waals surface area contributed by atoms with Gasteiger partial charge in [-0.2, -0.15) is 8.78 Å². The van der Waals surface area contributed by atoms with Crippen LogP contribution in [0.4, 0.5) is 24.5 Å². The third-order valence-corrected chi connectivity index (χ3v) is 2.71. The molecule has 0 fully saturated rings. The SMILES string of the molecule is CCCCC(C)Nc1cc(OC(F)F)c(F)cc1N. The van der Waals surface area contributed by atoms with Crippen LogP contribution >= 0.6 is 0 Å². The van der Waals surface area contributed by atoms with Gasteiger partial charge in [0.05, 0.1) is 11.4 Å². The summed E-state index contributed by atoms with van der Waals surface area (Å²) in [6, 6.07) is 2.26. The molecule has 0 amide bonds. The summed E-state index contributed by atoms with van der Waals surface area (Å²) in [5.41, 5.74) is 6.22. The zero-order chi connectivity index (χ0) is 14.4. The van der Waals surface area contributed by atoms with Gasteiger partial charge in [-0.05, 0) is 13.3 Å². The summed E-state index contributed by atoms with van der Waals surface area (Å²) in [7, 11) is 0. The van der Waals surface area contributed by atoms with E-state index in [0.717, 1.165) is 25.3 Å². The number of benzene rings is 1. The van der Waals surface area contributed by atoms with Gasteiger partial charge < -0.3 is 15.8 Å². The number of ether oxygens (including phenoxy) is 1. The fourth-order valence-corrected chi connectivity index (χ4v) is 1.73. The Kier molecular flexibility index (Phi) is 5.79. The van der Waals surface area contributed by atoms with E-state index < -0.39 is 18.2 Å². The molecule has 1 rings (SSSR count). The quantitative estimate of drug-likeness (QED) is 0.740. The molecule has 108 valence electrons. The summed E-state index contributed by atoms with van der Waals surface area (Å²) < 4.78 is 41.7. The molecule has 0 spiro atoms. The van der Waals surface area contributed by atoms with Crippen LogP contribution in [0.25, 0.3) is 0 Å². The van der Waals surface area contributed by atoms with Gasteiger partial charge in [0.15, 0.2) is 11.6 Å². The average Bonchev–Trinajstić information content (AvgIpc) is 2.32. The van der Waals surface area contributed by atoms with Crippen LogP contribution in [0.15, 0.2) is 12.1 Å². The van der Waals surface area contributed by atoms with Gasteiger partial charge in [0.1, 0.15) is 0 Å². The van der Waals surface area contributed by atoms with Crippen molar-refractivity contribution in [3.05, 3.63) is 17.9 Å². The molecule has 0 saturated carbocycles. The number of alkyl halides is 2. The summed E-state index contributed by atoms with van der Waals surface area (Å²) in [6.45, 7) is 0.961. The highest BCUT2D eigenvalue weighted by molar-refractivity contribution is 5.68. The first-order chi connectivity index (χ1) is 8.93. The van der Waals surface area contributed by atoms with Crippen molar-refractivity contribution in [1.29, 1.82) is 0 Å². The van der Waals surface area contributed by atoms with Gasteiger partial charge >= 0.3 is 6.61 Å². The monoisotopic (exact) mass is 276 g/mol. The molecule has 0 aromatic heterocycles. The first-order valence-electron chi connectivity index (χ1n) is 6.24. The minimum absolute atomic E-state index is 0.118. The Morgan fingerprint density at radius 3 is 2.63 bits per heavy atom. The number of halogens is 3. The van der Waals surface area contributed by atoms with Gasteiger partial charge in [0.2, 0.25) is 0 Å². The molecule has 1 unspecified atom stereocenters. The maximum atomic E-state index is 13.4. The third-order valence-electron chi connectivity index (χ3n) is 2.71. The van der Waals surface area contributed by atoms with Crippen LogP contribution in [0.3, 0.4) is 0 Å². The van der Waals surface area contributed by atoms with Gasteiger partial charge in [-0.3, -0.25) is 0 Å². The van der Waals surface area contributed by atoms with Crippen molar-refractivity contribution in [2.75, 3.05) is 11.1 Å². The molecule has 1 aromatic carbocycles. The minimum atomic E-state index is -3.07.